The van der Waals surface area contributed by atoms with Crippen molar-refractivity contribution in [1.82, 2.24) is 0 Å². The number of halogens is 1. The number of ether oxygens (including phenoxy) is 2. The molecule has 26 heavy (non-hydrogen) atoms. The number of hydrogen-bond acceptors (Lipinski definition) is 3. The highest BCUT2D eigenvalue weighted by molar-refractivity contribution is 5.77. The Balaban J connectivity index is 1.84. The first-order chi connectivity index (χ1) is 12.6. The van der Waals surface area contributed by atoms with Gasteiger partial charge < -0.3 is 9.47 Å². The van der Waals surface area contributed by atoms with Gasteiger partial charge in [0.2, 0.25) is 0 Å². The normalized spacial score (nSPS) is 10.4. The molecule has 0 bridgehead atoms. The minimum Gasteiger partial charge on any atom is -0.488 e. The average Bonchev–Trinajstić information content (AvgIpc) is 2.63. The van der Waals surface area contributed by atoms with Gasteiger partial charge in [0.25, 0.3) is 0 Å². The van der Waals surface area contributed by atoms with Gasteiger partial charge in [-0.05, 0) is 55.3 Å². The topological polar surface area (TPSA) is 35.5 Å². The smallest absolute Gasteiger partial charge is 0.165 e. The van der Waals surface area contributed by atoms with Crippen LogP contribution in [0.1, 0.15) is 27.0 Å². The van der Waals surface area contributed by atoms with Gasteiger partial charge in [-0.2, -0.15) is 0 Å². The Morgan fingerprint density at radius 3 is 2.38 bits per heavy atom. The van der Waals surface area contributed by atoms with Crippen molar-refractivity contribution < 1.29 is 18.7 Å². The molecule has 0 aliphatic carbocycles. The maximum atomic E-state index is 13.8. The molecule has 0 atom stereocenters. The van der Waals surface area contributed by atoms with E-state index in [9.17, 15) is 9.18 Å². The van der Waals surface area contributed by atoms with Gasteiger partial charge in [-0.3, -0.25) is 4.79 Å². The second-order valence-corrected chi connectivity index (χ2v) is 6.02. The first-order valence-corrected chi connectivity index (χ1v) is 8.28. The summed E-state index contributed by atoms with van der Waals surface area (Å²) in [7, 11) is 0. The van der Waals surface area contributed by atoms with Crippen molar-refractivity contribution in [3.63, 3.8) is 0 Å². The number of hydrogen-bond donors (Lipinski definition) is 0. The minimum absolute atomic E-state index is 0.132. The van der Waals surface area contributed by atoms with E-state index in [4.69, 9.17) is 9.47 Å². The molecule has 0 heterocycles. The van der Waals surface area contributed by atoms with E-state index in [1.807, 2.05) is 32.0 Å². The van der Waals surface area contributed by atoms with Crippen molar-refractivity contribution >= 4 is 6.29 Å². The van der Waals surface area contributed by atoms with E-state index in [2.05, 4.69) is 0 Å². The molecule has 3 aromatic rings. The molecule has 0 unspecified atom stereocenters. The maximum Gasteiger partial charge on any atom is 0.165 e. The second-order valence-electron chi connectivity index (χ2n) is 6.02. The fourth-order valence-electron chi connectivity index (χ4n) is 2.72. The highest BCUT2D eigenvalue weighted by Gasteiger charge is 2.10. The molecule has 0 saturated carbocycles. The van der Waals surface area contributed by atoms with Crippen molar-refractivity contribution in [2.45, 2.75) is 20.5 Å². The molecule has 3 aromatic carbocycles. The van der Waals surface area contributed by atoms with E-state index >= 15 is 0 Å². The van der Waals surface area contributed by atoms with E-state index in [0.717, 1.165) is 23.2 Å². The molecule has 0 aliphatic rings. The molecule has 0 aliphatic heterocycles. The molecule has 0 amide bonds. The quantitative estimate of drug-likeness (QED) is 0.541. The van der Waals surface area contributed by atoms with Crippen LogP contribution in [-0.2, 0) is 6.61 Å². The molecular weight excluding hydrogens is 331 g/mol. The van der Waals surface area contributed by atoms with Gasteiger partial charge in [0.05, 0.1) is 0 Å². The van der Waals surface area contributed by atoms with Crippen molar-refractivity contribution in [2.75, 3.05) is 0 Å². The monoisotopic (exact) mass is 350 g/mol. The Hall–Kier alpha value is -3.14. The van der Waals surface area contributed by atoms with Gasteiger partial charge in [-0.25, -0.2) is 4.39 Å². The van der Waals surface area contributed by atoms with Crippen molar-refractivity contribution in [2.24, 2.45) is 0 Å². The third kappa shape index (κ3) is 3.91. The lowest BCUT2D eigenvalue weighted by Gasteiger charge is -2.14. The zero-order chi connectivity index (χ0) is 18.5. The Bertz CT molecular complexity index is 914. The molecule has 0 spiro atoms. The lowest BCUT2D eigenvalue weighted by Crippen LogP contribution is -2.02. The van der Waals surface area contributed by atoms with Crippen LogP contribution in [0.4, 0.5) is 4.39 Å². The zero-order valence-electron chi connectivity index (χ0n) is 14.7. The third-order valence-electron chi connectivity index (χ3n) is 4.09. The highest BCUT2D eigenvalue weighted by Crippen LogP contribution is 2.28. The Morgan fingerprint density at radius 2 is 1.69 bits per heavy atom. The Kier molecular flexibility index (Phi) is 5.32. The number of benzene rings is 3. The highest BCUT2D eigenvalue weighted by atomic mass is 19.1. The number of carbonyl (C=O) groups excluding carboxylic acids is 1. The number of aldehydes is 1. The van der Waals surface area contributed by atoms with E-state index in [1.165, 1.54) is 6.07 Å². The summed E-state index contributed by atoms with van der Waals surface area (Å²) in [6, 6.07) is 17.1. The second kappa shape index (κ2) is 7.83. The van der Waals surface area contributed by atoms with Crippen LogP contribution in [0.2, 0.25) is 0 Å². The predicted molar refractivity (Wildman–Crippen MR) is 98.6 cm³/mol. The summed E-state index contributed by atoms with van der Waals surface area (Å²) in [5, 5.41) is 0. The average molecular weight is 350 g/mol. The fraction of sp³-hybridized carbons (Fsp3) is 0.136. The SMILES string of the molecule is Cc1cccc(C)c1OCc1cc(Oc2ccccc2F)ccc1C=O. The standard InChI is InChI=1S/C22H19FO3/c1-15-6-5-7-16(2)22(15)25-14-18-12-19(11-10-17(18)13-24)26-21-9-4-3-8-20(21)23/h3-13H,14H2,1-2H3. The molecular formula is C22H19FO3. The van der Waals surface area contributed by atoms with Gasteiger partial charge in [-0.1, -0.05) is 30.3 Å². The van der Waals surface area contributed by atoms with Gasteiger partial charge in [0.1, 0.15) is 24.4 Å². The Morgan fingerprint density at radius 1 is 0.962 bits per heavy atom. The first kappa shape index (κ1) is 17.7. The van der Waals surface area contributed by atoms with Gasteiger partial charge in [0, 0.05) is 11.1 Å². The van der Waals surface area contributed by atoms with Crippen LogP contribution < -0.4 is 9.47 Å². The molecule has 0 radical (unpaired) electrons. The lowest BCUT2D eigenvalue weighted by molar-refractivity contribution is 0.112. The summed E-state index contributed by atoms with van der Waals surface area (Å²) in [5.74, 6) is 0.929. The van der Waals surface area contributed by atoms with Crippen molar-refractivity contribution in [3.8, 4) is 17.2 Å². The Labute approximate surface area is 152 Å². The van der Waals surface area contributed by atoms with E-state index in [-0.39, 0.29) is 12.4 Å². The first-order valence-electron chi connectivity index (χ1n) is 8.28. The van der Waals surface area contributed by atoms with Gasteiger partial charge >= 0.3 is 0 Å². The molecule has 0 saturated heterocycles. The summed E-state index contributed by atoms with van der Waals surface area (Å²) in [4.78, 5) is 11.3. The molecule has 3 rings (SSSR count). The van der Waals surface area contributed by atoms with Crippen molar-refractivity contribution in [1.29, 1.82) is 0 Å². The molecule has 3 nitrogen and oxygen atoms in total. The molecule has 0 N–H and O–H groups in total. The maximum absolute atomic E-state index is 13.8. The van der Waals surface area contributed by atoms with Crippen LogP contribution in [0.3, 0.4) is 0 Å². The van der Waals surface area contributed by atoms with E-state index in [1.54, 1.807) is 36.4 Å². The molecule has 0 aromatic heterocycles. The number of para-hydroxylation sites is 2. The van der Waals surface area contributed by atoms with Crippen molar-refractivity contribution in [3.05, 3.63) is 88.7 Å². The molecule has 0 fully saturated rings. The summed E-state index contributed by atoms with van der Waals surface area (Å²) < 4.78 is 25.3. The number of aryl methyl sites for hydroxylation is 2. The molecule has 132 valence electrons. The largest absolute Gasteiger partial charge is 0.488 e. The number of rotatable bonds is 6. The van der Waals surface area contributed by atoms with Crippen LogP contribution in [0, 0.1) is 19.7 Å². The van der Waals surface area contributed by atoms with Crippen LogP contribution in [0.25, 0.3) is 0 Å². The van der Waals surface area contributed by atoms with Crippen LogP contribution >= 0.6 is 0 Å². The van der Waals surface area contributed by atoms with E-state index < -0.39 is 5.82 Å². The lowest BCUT2D eigenvalue weighted by atomic mass is 10.1. The van der Waals surface area contributed by atoms with Gasteiger partial charge in [-0.15, -0.1) is 0 Å². The van der Waals surface area contributed by atoms with Crippen LogP contribution in [0.15, 0.2) is 60.7 Å². The molecule has 4 heteroatoms. The van der Waals surface area contributed by atoms with Crippen LogP contribution in [-0.4, -0.2) is 6.29 Å². The van der Waals surface area contributed by atoms with Gasteiger partial charge in [0.15, 0.2) is 11.6 Å². The summed E-state index contributed by atoms with van der Waals surface area (Å²) in [6.45, 7) is 4.16. The number of carbonyl (C=O) groups is 1. The fourth-order valence-corrected chi connectivity index (χ4v) is 2.72. The zero-order valence-corrected chi connectivity index (χ0v) is 14.7. The summed E-state index contributed by atoms with van der Waals surface area (Å²) in [6.07, 6.45) is 0.774. The third-order valence-corrected chi connectivity index (χ3v) is 4.09. The summed E-state index contributed by atoms with van der Waals surface area (Å²) in [5.41, 5.74) is 3.24. The predicted octanol–water partition coefficient (Wildman–Crippen LogP) is 5.63. The minimum atomic E-state index is -0.444. The summed E-state index contributed by atoms with van der Waals surface area (Å²) >= 11 is 0. The van der Waals surface area contributed by atoms with E-state index in [0.29, 0.717) is 16.9 Å². The van der Waals surface area contributed by atoms with Crippen LogP contribution in [0.5, 0.6) is 17.2 Å².